The van der Waals surface area contributed by atoms with Crippen LogP contribution in [0.5, 0.6) is 0 Å². The molecule has 0 aliphatic rings. The summed E-state index contributed by atoms with van der Waals surface area (Å²) in [4.78, 5) is 0. The summed E-state index contributed by atoms with van der Waals surface area (Å²) in [7, 11) is -3.31. The number of nitrogens with zero attached hydrogens (tertiary/aromatic N) is 2. The number of aromatic nitrogens is 2. The van der Waals surface area contributed by atoms with Gasteiger partial charge in [0.1, 0.15) is 0 Å². The monoisotopic (exact) mass is 240 g/mol. The van der Waals surface area contributed by atoms with Gasteiger partial charge in [-0.25, -0.2) is 13.1 Å². The number of nitrogens with one attached hydrogen (secondary N) is 1. The number of halogens is 2. The summed E-state index contributed by atoms with van der Waals surface area (Å²) in [5.74, 6) is -3.67. The number of alkyl halides is 2. The molecule has 1 heterocycles. The number of anilines is 2. The van der Waals surface area contributed by atoms with Crippen LogP contribution in [-0.4, -0.2) is 24.0 Å². The lowest BCUT2D eigenvalue weighted by atomic mass is 10.4. The number of rotatable bonds is 3. The van der Waals surface area contributed by atoms with Crippen molar-refractivity contribution in [2.75, 3.05) is 10.5 Å². The molecule has 86 valence electrons. The molecule has 0 amide bonds. The van der Waals surface area contributed by atoms with Crippen LogP contribution in [0.1, 0.15) is 5.69 Å². The molecule has 0 saturated carbocycles. The van der Waals surface area contributed by atoms with E-state index in [0.29, 0.717) is 5.69 Å². The Labute approximate surface area is 85.1 Å². The third-order valence-corrected chi connectivity index (χ3v) is 2.69. The molecule has 0 radical (unpaired) electrons. The highest BCUT2D eigenvalue weighted by Gasteiger charge is 2.26. The first-order chi connectivity index (χ1) is 6.75. The van der Waals surface area contributed by atoms with Crippen LogP contribution < -0.4 is 10.5 Å². The van der Waals surface area contributed by atoms with Gasteiger partial charge >= 0.3 is 5.76 Å². The highest BCUT2D eigenvalue weighted by molar-refractivity contribution is 7.93. The van der Waals surface area contributed by atoms with E-state index in [1.54, 1.807) is 4.72 Å². The van der Waals surface area contributed by atoms with Gasteiger partial charge in [0.05, 0.1) is 11.4 Å². The van der Waals surface area contributed by atoms with Crippen molar-refractivity contribution in [3.63, 3.8) is 0 Å². The molecule has 6 nitrogen and oxygen atoms in total. The molecule has 0 saturated heterocycles. The average molecular weight is 240 g/mol. The van der Waals surface area contributed by atoms with Crippen LogP contribution in [0, 0.1) is 6.92 Å². The van der Waals surface area contributed by atoms with E-state index in [1.807, 2.05) is 0 Å². The van der Waals surface area contributed by atoms with Gasteiger partial charge in [0, 0.05) is 7.05 Å². The first-order valence-corrected chi connectivity index (χ1v) is 5.39. The molecule has 0 aromatic carbocycles. The van der Waals surface area contributed by atoms with Crippen molar-refractivity contribution in [3.05, 3.63) is 5.69 Å². The molecule has 1 aromatic rings. The van der Waals surface area contributed by atoms with Crippen LogP contribution in [0.15, 0.2) is 0 Å². The quantitative estimate of drug-likeness (QED) is 0.793. The summed E-state index contributed by atoms with van der Waals surface area (Å²) >= 11 is 0. The summed E-state index contributed by atoms with van der Waals surface area (Å²) in [5.41, 5.74) is 5.85. The molecule has 1 aromatic heterocycles. The Bertz CT molecular complexity index is 468. The Morgan fingerprint density at radius 1 is 1.53 bits per heavy atom. The largest absolute Gasteiger partial charge is 0.394 e. The van der Waals surface area contributed by atoms with Crippen LogP contribution in [0.3, 0.4) is 0 Å². The van der Waals surface area contributed by atoms with Crippen LogP contribution in [0.2, 0.25) is 0 Å². The van der Waals surface area contributed by atoms with Crippen LogP contribution in [-0.2, 0) is 17.1 Å². The minimum absolute atomic E-state index is 0.0294. The molecular formula is C6H10F2N4O2S. The zero-order chi connectivity index (χ0) is 11.8. The zero-order valence-corrected chi connectivity index (χ0v) is 8.85. The topological polar surface area (TPSA) is 90.0 Å². The molecule has 1 rings (SSSR count). The molecule has 3 N–H and O–H groups in total. The van der Waals surface area contributed by atoms with E-state index >= 15 is 0 Å². The Morgan fingerprint density at radius 3 is 2.40 bits per heavy atom. The van der Waals surface area contributed by atoms with Gasteiger partial charge < -0.3 is 5.73 Å². The maximum absolute atomic E-state index is 12.0. The lowest BCUT2D eigenvalue weighted by Gasteiger charge is -2.07. The zero-order valence-electron chi connectivity index (χ0n) is 8.03. The summed E-state index contributed by atoms with van der Waals surface area (Å²) in [6.45, 7) is 1.54. The normalized spacial score (nSPS) is 12.1. The van der Waals surface area contributed by atoms with E-state index in [9.17, 15) is 17.2 Å². The van der Waals surface area contributed by atoms with E-state index in [1.165, 1.54) is 14.0 Å². The lowest BCUT2D eigenvalue weighted by molar-refractivity contribution is 0.236. The predicted molar refractivity (Wildman–Crippen MR) is 50.9 cm³/mol. The summed E-state index contributed by atoms with van der Waals surface area (Å²) < 4.78 is 48.6. The van der Waals surface area contributed by atoms with Gasteiger partial charge in [0.15, 0.2) is 5.82 Å². The highest BCUT2D eigenvalue weighted by Crippen LogP contribution is 2.23. The minimum Gasteiger partial charge on any atom is -0.394 e. The molecule has 0 unspecified atom stereocenters. The second-order valence-electron chi connectivity index (χ2n) is 2.88. The Morgan fingerprint density at radius 2 is 2.07 bits per heavy atom. The third kappa shape index (κ3) is 2.17. The molecule has 0 spiro atoms. The number of nitrogens with two attached hydrogens (primary N) is 1. The molecule has 9 heteroatoms. The smallest absolute Gasteiger partial charge is 0.355 e. The van der Waals surface area contributed by atoms with Crippen LogP contribution in [0.4, 0.5) is 20.3 Å². The van der Waals surface area contributed by atoms with E-state index < -0.39 is 15.8 Å². The van der Waals surface area contributed by atoms with Crippen LogP contribution in [0.25, 0.3) is 0 Å². The number of hydrogen-bond acceptors (Lipinski definition) is 4. The van der Waals surface area contributed by atoms with Gasteiger partial charge in [-0.15, -0.1) is 0 Å². The first kappa shape index (κ1) is 11.7. The fraction of sp³-hybridized carbons (Fsp3) is 0.500. The molecule has 0 aliphatic heterocycles. The maximum atomic E-state index is 12.0. The van der Waals surface area contributed by atoms with Gasteiger partial charge in [-0.1, -0.05) is 0 Å². The van der Waals surface area contributed by atoms with E-state index in [2.05, 4.69) is 5.10 Å². The van der Waals surface area contributed by atoms with Crippen molar-refractivity contribution in [1.29, 1.82) is 0 Å². The molecule has 0 atom stereocenters. The van der Waals surface area contributed by atoms with E-state index in [-0.39, 0.29) is 11.5 Å². The Kier molecular flexibility index (Phi) is 2.84. The second-order valence-corrected chi connectivity index (χ2v) is 4.53. The first-order valence-electron chi connectivity index (χ1n) is 3.84. The van der Waals surface area contributed by atoms with Crippen molar-refractivity contribution >= 4 is 21.5 Å². The third-order valence-electron chi connectivity index (χ3n) is 1.74. The number of nitrogen functional groups attached to an aromatic ring is 1. The molecule has 0 aliphatic carbocycles. The fourth-order valence-corrected chi connectivity index (χ4v) is 1.58. The van der Waals surface area contributed by atoms with Crippen molar-refractivity contribution in [3.8, 4) is 0 Å². The second kappa shape index (κ2) is 3.65. The average Bonchev–Trinajstić information content (AvgIpc) is 2.32. The summed E-state index contributed by atoms with van der Waals surface area (Å²) in [6, 6.07) is 0. The van der Waals surface area contributed by atoms with Gasteiger partial charge in [-0.3, -0.25) is 4.72 Å². The molecule has 0 bridgehead atoms. The van der Waals surface area contributed by atoms with Crippen LogP contribution >= 0.6 is 0 Å². The van der Waals surface area contributed by atoms with E-state index in [4.69, 9.17) is 5.73 Å². The predicted octanol–water partition coefficient (Wildman–Crippen LogP) is 0.275. The van der Waals surface area contributed by atoms with E-state index in [0.717, 1.165) is 4.68 Å². The maximum Gasteiger partial charge on any atom is 0.355 e. The molecule has 0 fully saturated rings. The van der Waals surface area contributed by atoms with Crippen molar-refractivity contribution in [1.82, 2.24) is 9.78 Å². The minimum atomic E-state index is -4.71. The molecular weight excluding hydrogens is 230 g/mol. The summed E-state index contributed by atoms with van der Waals surface area (Å²) in [6.07, 6.45) is 0. The van der Waals surface area contributed by atoms with Gasteiger partial charge in [-0.05, 0) is 6.92 Å². The highest BCUT2D eigenvalue weighted by atomic mass is 32.2. The van der Waals surface area contributed by atoms with Crippen molar-refractivity contribution in [2.45, 2.75) is 12.7 Å². The van der Waals surface area contributed by atoms with Gasteiger partial charge in [0.25, 0.3) is 10.0 Å². The van der Waals surface area contributed by atoms with Crippen molar-refractivity contribution < 1.29 is 17.2 Å². The van der Waals surface area contributed by atoms with Crippen molar-refractivity contribution in [2.24, 2.45) is 7.05 Å². The number of hydrogen-bond donors (Lipinski definition) is 2. The fourth-order valence-electron chi connectivity index (χ4n) is 0.975. The summed E-state index contributed by atoms with van der Waals surface area (Å²) in [5, 5.41) is 3.77. The lowest BCUT2D eigenvalue weighted by Crippen LogP contribution is -2.22. The van der Waals surface area contributed by atoms with Gasteiger partial charge in [-0.2, -0.15) is 13.9 Å². The Balaban J connectivity index is 3.11. The number of aryl methyl sites for hydroxylation is 2. The molecule has 15 heavy (non-hydrogen) atoms. The number of sulfonamides is 1. The Hall–Kier alpha value is -1.38. The standard InChI is InChI=1S/C6H10F2N4O2S/c1-3-4(9)5(12(2)10-3)11-15(13,14)6(7)8/h6,11H,9H2,1-2H3. The van der Waals surface area contributed by atoms with Gasteiger partial charge in [0.2, 0.25) is 0 Å². The SMILES string of the molecule is Cc1nn(C)c(NS(=O)(=O)C(F)F)c1N.